The minimum atomic E-state index is -0.864. The SMILES string of the molecule is O=C(O)C[C@H](CC(=O)c1ccccc1)Cc1ccccc1. The summed E-state index contributed by atoms with van der Waals surface area (Å²) in [6.45, 7) is 0. The smallest absolute Gasteiger partial charge is 0.303 e. The van der Waals surface area contributed by atoms with E-state index in [4.69, 9.17) is 5.11 Å². The highest BCUT2D eigenvalue weighted by Crippen LogP contribution is 2.19. The average Bonchev–Trinajstić information content (AvgIpc) is 2.48. The summed E-state index contributed by atoms with van der Waals surface area (Å²) in [4.78, 5) is 23.2. The van der Waals surface area contributed by atoms with E-state index in [0.29, 0.717) is 12.0 Å². The Balaban J connectivity index is 2.06. The fourth-order valence-electron chi connectivity index (χ4n) is 2.41. The van der Waals surface area contributed by atoms with E-state index in [9.17, 15) is 9.59 Å². The first-order valence-electron chi connectivity index (χ1n) is 6.99. The molecular formula is C18H18O3. The highest BCUT2D eigenvalue weighted by Gasteiger charge is 2.18. The van der Waals surface area contributed by atoms with E-state index in [0.717, 1.165) is 5.56 Å². The molecule has 0 bridgehead atoms. The second kappa shape index (κ2) is 7.39. The molecule has 0 amide bonds. The lowest BCUT2D eigenvalue weighted by Gasteiger charge is -2.14. The van der Waals surface area contributed by atoms with Crippen molar-refractivity contribution in [2.75, 3.05) is 0 Å². The second-order valence-corrected chi connectivity index (χ2v) is 5.15. The van der Waals surface area contributed by atoms with Crippen LogP contribution in [-0.4, -0.2) is 16.9 Å². The van der Waals surface area contributed by atoms with Crippen LogP contribution in [0.1, 0.15) is 28.8 Å². The number of carbonyl (C=O) groups excluding carboxylic acids is 1. The fourth-order valence-corrected chi connectivity index (χ4v) is 2.41. The van der Waals surface area contributed by atoms with Crippen molar-refractivity contribution in [3.8, 4) is 0 Å². The molecule has 0 aliphatic heterocycles. The van der Waals surface area contributed by atoms with E-state index >= 15 is 0 Å². The van der Waals surface area contributed by atoms with Gasteiger partial charge in [0.1, 0.15) is 0 Å². The number of hydrogen-bond donors (Lipinski definition) is 1. The van der Waals surface area contributed by atoms with Crippen molar-refractivity contribution in [2.45, 2.75) is 19.3 Å². The van der Waals surface area contributed by atoms with Gasteiger partial charge in [-0.15, -0.1) is 0 Å². The van der Waals surface area contributed by atoms with Gasteiger partial charge in [0.2, 0.25) is 0 Å². The fraction of sp³-hybridized carbons (Fsp3) is 0.222. The molecule has 1 N–H and O–H groups in total. The van der Waals surface area contributed by atoms with Crippen LogP contribution in [0.15, 0.2) is 60.7 Å². The van der Waals surface area contributed by atoms with Crippen molar-refractivity contribution < 1.29 is 14.7 Å². The van der Waals surface area contributed by atoms with Crippen molar-refractivity contribution in [2.24, 2.45) is 5.92 Å². The highest BCUT2D eigenvalue weighted by atomic mass is 16.4. The number of carboxylic acid groups (broad SMARTS) is 1. The number of ketones is 1. The van der Waals surface area contributed by atoms with E-state index in [1.165, 1.54) is 0 Å². The van der Waals surface area contributed by atoms with Gasteiger partial charge in [-0.2, -0.15) is 0 Å². The largest absolute Gasteiger partial charge is 0.481 e. The number of aliphatic carboxylic acids is 1. The van der Waals surface area contributed by atoms with Gasteiger partial charge in [0, 0.05) is 18.4 Å². The summed E-state index contributed by atoms with van der Waals surface area (Å²) in [5.41, 5.74) is 1.70. The lowest BCUT2D eigenvalue weighted by atomic mass is 9.89. The minimum Gasteiger partial charge on any atom is -0.481 e. The first-order chi connectivity index (χ1) is 10.1. The zero-order valence-corrected chi connectivity index (χ0v) is 11.7. The van der Waals surface area contributed by atoms with E-state index in [2.05, 4.69) is 0 Å². The maximum atomic E-state index is 12.2. The summed E-state index contributed by atoms with van der Waals surface area (Å²) >= 11 is 0. The topological polar surface area (TPSA) is 54.4 Å². The van der Waals surface area contributed by atoms with Gasteiger partial charge >= 0.3 is 5.97 Å². The molecule has 1 atom stereocenters. The van der Waals surface area contributed by atoms with Gasteiger partial charge in [0.05, 0.1) is 0 Å². The maximum Gasteiger partial charge on any atom is 0.303 e. The molecule has 0 fully saturated rings. The third-order valence-electron chi connectivity index (χ3n) is 3.40. The van der Waals surface area contributed by atoms with E-state index < -0.39 is 5.97 Å². The van der Waals surface area contributed by atoms with Crippen molar-refractivity contribution in [3.05, 3.63) is 71.8 Å². The van der Waals surface area contributed by atoms with Crippen LogP contribution in [0.5, 0.6) is 0 Å². The summed E-state index contributed by atoms with van der Waals surface area (Å²) in [5, 5.41) is 9.03. The van der Waals surface area contributed by atoms with Crippen molar-refractivity contribution >= 4 is 11.8 Å². The van der Waals surface area contributed by atoms with E-state index in [-0.39, 0.29) is 24.5 Å². The van der Waals surface area contributed by atoms with Crippen LogP contribution in [0.25, 0.3) is 0 Å². The molecule has 108 valence electrons. The molecule has 2 aromatic rings. The zero-order valence-electron chi connectivity index (χ0n) is 11.7. The molecule has 3 heteroatoms. The lowest BCUT2D eigenvalue weighted by molar-refractivity contribution is -0.138. The van der Waals surface area contributed by atoms with E-state index in [1.807, 2.05) is 48.5 Å². The average molecular weight is 282 g/mol. The zero-order chi connectivity index (χ0) is 15.1. The van der Waals surface area contributed by atoms with Crippen LogP contribution in [0.2, 0.25) is 0 Å². The van der Waals surface area contributed by atoms with Gasteiger partial charge in [-0.1, -0.05) is 60.7 Å². The van der Waals surface area contributed by atoms with Crippen LogP contribution >= 0.6 is 0 Å². The Labute approximate surface area is 124 Å². The third kappa shape index (κ3) is 4.88. The van der Waals surface area contributed by atoms with Crippen molar-refractivity contribution in [1.29, 1.82) is 0 Å². The summed E-state index contributed by atoms with van der Waals surface area (Å²) < 4.78 is 0. The predicted octanol–water partition coefficient (Wildman–Crippen LogP) is 3.59. The molecule has 0 saturated carbocycles. The van der Waals surface area contributed by atoms with Gasteiger partial charge in [-0.05, 0) is 17.9 Å². The Morgan fingerprint density at radius 3 is 2.00 bits per heavy atom. The monoisotopic (exact) mass is 282 g/mol. The number of carboxylic acids is 1. The predicted molar refractivity (Wildman–Crippen MR) is 81.3 cm³/mol. The van der Waals surface area contributed by atoms with Gasteiger partial charge < -0.3 is 5.11 Å². The molecule has 0 saturated heterocycles. The van der Waals surface area contributed by atoms with Crippen LogP contribution in [0.4, 0.5) is 0 Å². The Bertz CT molecular complexity index is 590. The quantitative estimate of drug-likeness (QED) is 0.789. The molecule has 0 aliphatic carbocycles. The standard InChI is InChI=1S/C18H18O3/c19-17(16-9-5-2-6-10-16)12-15(13-18(20)21)11-14-7-3-1-4-8-14/h1-10,15H,11-13H2,(H,20,21)/t15-/m0/s1. The minimum absolute atomic E-state index is 0.00205. The molecule has 3 nitrogen and oxygen atoms in total. The number of carbonyl (C=O) groups is 2. The molecule has 2 aromatic carbocycles. The third-order valence-corrected chi connectivity index (χ3v) is 3.40. The maximum absolute atomic E-state index is 12.2. The Morgan fingerprint density at radius 2 is 1.43 bits per heavy atom. The van der Waals surface area contributed by atoms with Crippen molar-refractivity contribution in [1.82, 2.24) is 0 Å². The van der Waals surface area contributed by atoms with Gasteiger partial charge in [0.25, 0.3) is 0 Å². The molecule has 0 aliphatic rings. The van der Waals surface area contributed by atoms with Gasteiger partial charge in [0.15, 0.2) is 5.78 Å². The van der Waals surface area contributed by atoms with Crippen LogP contribution in [0, 0.1) is 5.92 Å². The normalized spacial score (nSPS) is 11.8. The molecule has 2 rings (SSSR count). The van der Waals surface area contributed by atoms with Crippen LogP contribution in [-0.2, 0) is 11.2 Å². The molecule has 0 spiro atoms. The summed E-state index contributed by atoms with van der Waals surface area (Å²) in [6, 6.07) is 18.7. The molecular weight excluding hydrogens is 264 g/mol. The van der Waals surface area contributed by atoms with Crippen LogP contribution in [0.3, 0.4) is 0 Å². The second-order valence-electron chi connectivity index (χ2n) is 5.15. The number of Topliss-reactive ketones (excluding diaryl/α,β-unsaturated/α-hetero) is 1. The van der Waals surface area contributed by atoms with E-state index in [1.54, 1.807) is 12.1 Å². The van der Waals surface area contributed by atoms with Crippen LogP contribution < -0.4 is 0 Å². The molecule has 0 heterocycles. The summed E-state index contributed by atoms with van der Waals surface area (Å²) in [5.74, 6) is -1.05. The number of benzene rings is 2. The van der Waals surface area contributed by atoms with Gasteiger partial charge in [-0.25, -0.2) is 0 Å². The number of hydrogen-bond acceptors (Lipinski definition) is 2. The van der Waals surface area contributed by atoms with Crippen molar-refractivity contribution in [3.63, 3.8) is 0 Å². The molecule has 0 radical (unpaired) electrons. The summed E-state index contributed by atoms with van der Waals surface area (Å²) in [7, 11) is 0. The first-order valence-corrected chi connectivity index (χ1v) is 6.99. The lowest BCUT2D eigenvalue weighted by Crippen LogP contribution is -2.15. The Hall–Kier alpha value is -2.42. The highest BCUT2D eigenvalue weighted by molar-refractivity contribution is 5.96. The first kappa shape index (κ1) is 15.0. The molecule has 21 heavy (non-hydrogen) atoms. The molecule has 0 aromatic heterocycles. The Kier molecular flexibility index (Phi) is 5.27. The molecule has 0 unspecified atom stereocenters. The number of rotatable bonds is 7. The van der Waals surface area contributed by atoms with Gasteiger partial charge in [-0.3, -0.25) is 9.59 Å². The summed E-state index contributed by atoms with van der Waals surface area (Å²) in [6.07, 6.45) is 0.865. The Morgan fingerprint density at radius 1 is 0.857 bits per heavy atom.